The van der Waals surface area contributed by atoms with Gasteiger partial charge in [-0.3, -0.25) is 0 Å². The lowest BCUT2D eigenvalue weighted by Gasteiger charge is -2.24. The monoisotopic (exact) mass is 280 g/mol. The highest BCUT2D eigenvalue weighted by atomic mass is 16.3. The molecule has 0 aliphatic heterocycles. The molecule has 7 heteroatoms. The molecule has 0 aromatic rings. The zero-order chi connectivity index (χ0) is 15.0. The second kappa shape index (κ2) is 15.8. The molecule has 0 aromatic carbocycles. The van der Waals surface area contributed by atoms with E-state index in [1.54, 1.807) is 0 Å². The van der Waals surface area contributed by atoms with Gasteiger partial charge in [0.2, 0.25) is 0 Å². The van der Waals surface area contributed by atoms with Crippen molar-refractivity contribution in [3.8, 4) is 0 Å². The summed E-state index contributed by atoms with van der Waals surface area (Å²) in [6.45, 7) is 6.49. The first-order chi connectivity index (χ1) is 9.16. The van der Waals surface area contributed by atoms with Gasteiger partial charge in [-0.05, 0) is 6.42 Å². The molecule has 0 saturated carbocycles. The Morgan fingerprint density at radius 2 is 1.16 bits per heavy atom. The number of nitrogens with one attached hydrogen (secondary N) is 2. The van der Waals surface area contributed by atoms with Gasteiger partial charge in [-0.15, -0.1) is 0 Å². The third kappa shape index (κ3) is 12.5. The number of aliphatic hydroxyl groups excluding tert-OH is 3. The molecule has 118 valence electrons. The molecule has 0 fully saturated rings. The summed E-state index contributed by atoms with van der Waals surface area (Å²) in [5, 5.41) is 32.3. The van der Waals surface area contributed by atoms with Crippen molar-refractivity contribution >= 4 is 0 Å². The Kier molecular flexibility index (Phi) is 17.5. The largest absolute Gasteiger partial charge is 0.396 e. The molecule has 0 unspecified atom stereocenters. The van der Waals surface area contributed by atoms with Crippen LogP contribution in [0.5, 0.6) is 0 Å². The summed E-state index contributed by atoms with van der Waals surface area (Å²) in [6.07, 6.45) is 0.594. The predicted octanol–water partition coefficient (Wildman–Crippen LogP) is -2.56. The van der Waals surface area contributed by atoms with Crippen molar-refractivity contribution in [2.24, 2.45) is 16.9 Å². The fourth-order valence-electron chi connectivity index (χ4n) is 1.12. The lowest BCUT2D eigenvalue weighted by Crippen LogP contribution is -2.32. The van der Waals surface area contributed by atoms with Gasteiger partial charge in [-0.25, -0.2) is 0 Å². The van der Waals surface area contributed by atoms with Crippen molar-refractivity contribution in [3.63, 3.8) is 0 Å². The molecule has 0 aromatic heterocycles. The zero-order valence-corrected chi connectivity index (χ0v) is 12.1. The van der Waals surface area contributed by atoms with E-state index in [9.17, 15) is 0 Å². The average Bonchev–Trinajstić information content (AvgIpc) is 2.47. The van der Waals surface area contributed by atoms with Gasteiger partial charge in [0.25, 0.3) is 0 Å². The van der Waals surface area contributed by atoms with Crippen LogP contribution in [0.4, 0.5) is 0 Å². The Bertz CT molecular complexity index is 144. The fraction of sp³-hybridized carbons (Fsp3) is 1.00. The molecule has 0 rings (SSSR count). The summed E-state index contributed by atoms with van der Waals surface area (Å²) in [7, 11) is 0. The highest BCUT2D eigenvalue weighted by Crippen LogP contribution is 2.18. The van der Waals surface area contributed by atoms with E-state index >= 15 is 0 Å². The summed E-state index contributed by atoms with van der Waals surface area (Å²) in [6, 6.07) is 0. The van der Waals surface area contributed by atoms with Gasteiger partial charge in [0, 0.05) is 44.7 Å². The summed E-state index contributed by atoms with van der Waals surface area (Å²) in [5.41, 5.74) is 9.87. The van der Waals surface area contributed by atoms with E-state index in [2.05, 4.69) is 10.6 Å². The maximum absolute atomic E-state index is 8.66. The molecule has 0 bridgehead atoms. The van der Waals surface area contributed by atoms with E-state index in [4.69, 9.17) is 26.8 Å². The quantitative estimate of drug-likeness (QED) is 0.207. The van der Waals surface area contributed by atoms with Gasteiger partial charge >= 0.3 is 0 Å². The number of rotatable bonds is 11. The van der Waals surface area contributed by atoms with E-state index in [-0.39, 0.29) is 19.8 Å². The Balaban J connectivity index is 0. The molecule has 0 radical (unpaired) electrons. The molecule has 0 aliphatic carbocycles. The van der Waals surface area contributed by atoms with Crippen LogP contribution in [-0.2, 0) is 0 Å². The molecule has 0 heterocycles. The molecule has 9 N–H and O–H groups in total. The molecular weight excluding hydrogens is 248 g/mol. The van der Waals surface area contributed by atoms with Crippen molar-refractivity contribution in [2.75, 3.05) is 59.1 Å². The van der Waals surface area contributed by atoms with Gasteiger partial charge in [-0.1, -0.05) is 6.92 Å². The van der Waals surface area contributed by atoms with E-state index in [1.165, 1.54) is 0 Å². The van der Waals surface area contributed by atoms with Crippen LogP contribution in [0.1, 0.15) is 13.3 Å². The minimum absolute atomic E-state index is 0.156. The lowest BCUT2D eigenvalue weighted by atomic mass is 9.88. The van der Waals surface area contributed by atoms with Crippen molar-refractivity contribution in [2.45, 2.75) is 13.3 Å². The third-order valence-corrected chi connectivity index (χ3v) is 2.88. The molecule has 0 spiro atoms. The minimum atomic E-state index is -0.667. The molecule has 19 heavy (non-hydrogen) atoms. The van der Waals surface area contributed by atoms with Gasteiger partial charge in [0.15, 0.2) is 0 Å². The Labute approximate surface area is 116 Å². The number of nitrogens with two attached hydrogens (primary N) is 2. The fourth-order valence-corrected chi connectivity index (χ4v) is 1.12. The highest BCUT2D eigenvalue weighted by molar-refractivity contribution is 4.74. The van der Waals surface area contributed by atoms with Crippen molar-refractivity contribution in [1.29, 1.82) is 0 Å². The summed E-state index contributed by atoms with van der Waals surface area (Å²) >= 11 is 0. The van der Waals surface area contributed by atoms with Crippen LogP contribution >= 0.6 is 0 Å². The smallest absolute Gasteiger partial charge is 0.0531 e. The second-order valence-electron chi connectivity index (χ2n) is 4.41. The molecule has 0 atom stereocenters. The number of aliphatic hydroxyl groups is 3. The van der Waals surface area contributed by atoms with Crippen molar-refractivity contribution < 1.29 is 15.3 Å². The first-order valence-corrected chi connectivity index (χ1v) is 6.80. The Morgan fingerprint density at radius 3 is 1.32 bits per heavy atom. The summed E-state index contributed by atoms with van der Waals surface area (Å²) < 4.78 is 0. The van der Waals surface area contributed by atoms with Gasteiger partial charge in [0.1, 0.15) is 0 Å². The maximum Gasteiger partial charge on any atom is 0.0531 e. The van der Waals surface area contributed by atoms with Gasteiger partial charge < -0.3 is 37.4 Å². The number of hydrogen-bond acceptors (Lipinski definition) is 7. The van der Waals surface area contributed by atoms with Crippen LogP contribution in [0.2, 0.25) is 0 Å². The minimum Gasteiger partial charge on any atom is -0.396 e. The lowest BCUT2D eigenvalue weighted by molar-refractivity contribution is 0.00304. The zero-order valence-electron chi connectivity index (χ0n) is 12.1. The van der Waals surface area contributed by atoms with Crippen molar-refractivity contribution in [3.05, 3.63) is 0 Å². The van der Waals surface area contributed by atoms with Gasteiger partial charge in [-0.2, -0.15) is 0 Å². The van der Waals surface area contributed by atoms with E-state index in [0.717, 1.165) is 26.2 Å². The SMILES string of the molecule is CCC(CO)(CO)CO.NCCNCCNCCN. The number of hydrogen-bond donors (Lipinski definition) is 7. The molecule has 7 nitrogen and oxygen atoms in total. The Morgan fingerprint density at radius 1 is 0.789 bits per heavy atom. The van der Waals surface area contributed by atoms with Gasteiger partial charge in [0.05, 0.1) is 19.8 Å². The predicted molar refractivity (Wildman–Crippen MR) is 77.8 cm³/mol. The second-order valence-corrected chi connectivity index (χ2v) is 4.41. The van der Waals surface area contributed by atoms with Crippen LogP contribution < -0.4 is 22.1 Å². The van der Waals surface area contributed by atoms with Crippen LogP contribution in [0.3, 0.4) is 0 Å². The van der Waals surface area contributed by atoms with Crippen LogP contribution in [0.15, 0.2) is 0 Å². The van der Waals surface area contributed by atoms with Crippen molar-refractivity contribution in [1.82, 2.24) is 10.6 Å². The molecule has 0 amide bonds. The maximum atomic E-state index is 8.66. The standard InChI is InChI=1S/C6H18N4.C6H14O3/c7-1-3-9-5-6-10-4-2-8;1-2-6(3-7,4-8)5-9/h9-10H,1-8H2;7-9H,2-5H2,1H3. The normalized spacial score (nSPS) is 11.1. The topological polar surface area (TPSA) is 137 Å². The van der Waals surface area contributed by atoms with E-state index in [0.29, 0.717) is 19.5 Å². The first kappa shape index (κ1) is 21.0. The third-order valence-electron chi connectivity index (χ3n) is 2.88. The molecule has 0 aliphatic rings. The van der Waals surface area contributed by atoms with Crippen LogP contribution in [0.25, 0.3) is 0 Å². The summed E-state index contributed by atoms with van der Waals surface area (Å²) in [5.74, 6) is 0. The summed E-state index contributed by atoms with van der Waals surface area (Å²) in [4.78, 5) is 0. The average molecular weight is 280 g/mol. The van der Waals surface area contributed by atoms with E-state index < -0.39 is 5.41 Å². The first-order valence-electron chi connectivity index (χ1n) is 6.80. The van der Waals surface area contributed by atoms with E-state index in [1.807, 2.05) is 6.92 Å². The molecule has 0 saturated heterocycles. The van der Waals surface area contributed by atoms with Crippen LogP contribution in [0, 0.1) is 5.41 Å². The van der Waals surface area contributed by atoms with Crippen LogP contribution in [-0.4, -0.2) is 74.4 Å². The molecular formula is C12H32N4O3. The highest BCUT2D eigenvalue weighted by Gasteiger charge is 2.24. The Hall–Kier alpha value is -0.280.